The Morgan fingerprint density at radius 2 is 1.86 bits per heavy atom. The van der Waals surface area contributed by atoms with Crippen molar-refractivity contribution in [3.63, 3.8) is 0 Å². The van der Waals surface area contributed by atoms with Gasteiger partial charge in [0.1, 0.15) is 5.60 Å². The maximum Gasteiger partial charge on any atom is 0.407 e. The normalized spacial score (nSPS) is 14.1. The Morgan fingerprint density at radius 3 is 2.50 bits per heavy atom. The Labute approximate surface area is 133 Å². The lowest BCUT2D eigenvalue weighted by molar-refractivity contribution is 0.0504. The van der Waals surface area contributed by atoms with Crippen LogP contribution < -0.4 is 5.32 Å². The number of hydrogen-bond acceptors (Lipinski definition) is 4. The molecule has 118 valence electrons. The molecule has 6 nitrogen and oxygen atoms in total. The van der Waals surface area contributed by atoms with E-state index in [1.54, 1.807) is 26.8 Å². The summed E-state index contributed by atoms with van der Waals surface area (Å²) in [7, 11) is 0. The van der Waals surface area contributed by atoms with Gasteiger partial charge in [0.15, 0.2) is 0 Å². The zero-order chi connectivity index (χ0) is 16.5. The smallest absolute Gasteiger partial charge is 0.407 e. The number of carbonyl (C=O) groups excluding carboxylic acids is 3. The van der Waals surface area contributed by atoms with Crippen LogP contribution in [-0.4, -0.2) is 41.5 Å². The van der Waals surface area contributed by atoms with Crippen LogP contribution in [-0.2, 0) is 4.74 Å². The number of carbonyl (C=O) groups is 3. The van der Waals surface area contributed by atoms with E-state index < -0.39 is 17.6 Å². The second-order valence-corrected chi connectivity index (χ2v) is 6.32. The van der Waals surface area contributed by atoms with E-state index >= 15 is 0 Å². The van der Waals surface area contributed by atoms with E-state index in [4.69, 9.17) is 16.3 Å². The predicted molar refractivity (Wildman–Crippen MR) is 81.1 cm³/mol. The fraction of sp³-hybridized carbons (Fsp3) is 0.400. The standard InChI is InChI=1S/C15H17ClN2O4/c1-15(2,3)22-14(21)17-6-7-18-12(19)10-5-4-9(16)8-11(10)13(18)20/h4-5,8H,6-7H2,1-3H3,(H,17,21). The SMILES string of the molecule is CC(C)(C)OC(=O)NCCN1C(=O)c2ccc(Cl)cc2C1=O. The summed E-state index contributed by atoms with van der Waals surface area (Å²) in [5, 5.41) is 2.91. The van der Waals surface area contributed by atoms with Gasteiger partial charge in [-0.15, -0.1) is 0 Å². The third-order valence-corrected chi connectivity index (χ3v) is 3.17. The van der Waals surface area contributed by atoms with Crippen molar-refractivity contribution < 1.29 is 19.1 Å². The summed E-state index contributed by atoms with van der Waals surface area (Å²) in [5.74, 6) is -0.795. The van der Waals surface area contributed by atoms with E-state index in [0.717, 1.165) is 4.90 Å². The molecule has 1 heterocycles. The summed E-state index contributed by atoms with van der Waals surface area (Å²) in [6.45, 7) is 5.44. The van der Waals surface area contributed by atoms with Crippen molar-refractivity contribution in [3.05, 3.63) is 34.3 Å². The first-order chi connectivity index (χ1) is 10.2. The molecule has 1 N–H and O–H groups in total. The highest BCUT2D eigenvalue weighted by molar-refractivity contribution is 6.32. The largest absolute Gasteiger partial charge is 0.444 e. The number of fused-ring (bicyclic) bond motifs is 1. The van der Waals surface area contributed by atoms with E-state index in [-0.39, 0.29) is 24.6 Å². The molecule has 7 heteroatoms. The Bertz CT molecular complexity index is 637. The number of nitrogens with one attached hydrogen (secondary N) is 1. The summed E-state index contributed by atoms with van der Waals surface area (Å²) in [5.41, 5.74) is 0.0116. The molecule has 1 aromatic carbocycles. The number of imide groups is 1. The van der Waals surface area contributed by atoms with Gasteiger partial charge < -0.3 is 10.1 Å². The Balaban J connectivity index is 1.94. The molecule has 3 amide bonds. The van der Waals surface area contributed by atoms with Gasteiger partial charge >= 0.3 is 6.09 Å². The summed E-state index contributed by atoms with van der Waals surface area (Å²) in [6, 6.07) is 4.56. The minimum Gasteiger partial charge on any atom is -0.444 e. The molecule has 0 bridgehead atoms. The lowest BCUT2D eigenvalue weighted by Gasteiger charge is -2.20. The number of ether oxygens (including phenoxy) is 1. The fourth-order valence-corrected chi connectivity index (χ4v) is 2.22. The van der Waals surface area contributed by atoms with Gasteiger partial charge in [-0.25, -0.2) is 4.79 Å². The average molecular weight is 325 g/mol. The van der Waals surface area contributed by atoms with Gasteiger partial charge in [0.25, 0.3) is 11.8 Å². The molecule has 0 fully saturated rings. The predicted octanol–water partition coefficient (Wildman–Crippen LogP) is 2.46. The van der Waals surface area contributed by atoms with Gasteiger partial charge in [0.2, 0.25) is 0 Å². The van der Waals surface area contributed by atoms with Crippen molar-refractivity contribution >= 4 is 29.5 Å². The Kier molecular flexibility index (Phi) is 4.42. The fourth-order valence-electron chi connectivity index (χ4n) is 2.05. The van der Waals surface area contributed by atoms with Crippen LogP contribution in [0, 0.1) is 0 Å². The maximum atomic E-state index is 12.2. The highest BCUT2D eigenvalue weighted by Gasteiger charge is 2.35. The average Bonchev–Trinajstić information content (AvgIpc) is 2.61. The highest BCUT2D eigenvalue weighted by Crippen LogP contribution is 2.25. The first-order valence-corrected chi connectivity index (χ1v) is 7.19. The van der Waals surface area contributed by atoms with Gasteiger partial charge in [0.05, 0.1) is 11.1 Å². The van der Waals surface area contributed by atoms with Crippen LogP contribution in [0.1, 0.15) is 41.5 Å². The molecule has 0 aliphatic carbocycles. The molecule has 0 saturated heterocycles. The highest BCUT2D eigenvalue weighted by atomic mass is 35.5. The van der Waals surface area contributed by atoms with Gasteiger partial charge in [-0.2, -0.15) is 0 Å². The molecule has 2 rings (SSSR count). The van der Waals surface area contributed by atoms with Crippen LogP contribution in [0.2, 0.25) is 5.02 Å². The quantitative estimate of drug-likeness (QED) is 0.867. The lowest BCUT2D eigenvalue weighted by Crippen LogP contribution is -2.40. The Hall–Kier alpha value is -2.08. The minimum absolute atomic E-state index is 0.0726. The third kappa shape index (κ3) is 3.57. The van der Waals surface area contributed by atoms with E-state index in [1.807, 2.05) is 0 Å². The van der Waals surface area contributed by atoms with E-state index in [9.17, 15) is 14.4 Å². The number of hydrogen-bond donors (Lipinski definition) is 1. The number of nitrogens with zero attached hydrogens (tertiary/aromatic N) is 1. The maximum absolute atomic E-state index is 12.2. The monoisotopic (exact) mass is 324 g/mol. The molecule has 0 atom stereocenters. The van der Waals surface area contributed by atoms with Crippen molar-refractivity contribution in [3.8, 4) is 0 Å². The molecule has 0 radical (unpaired) electrons. The Morgan fingerprint density at radius 1 is 1.23 bits per heavy atom. The van der Waals surface area contributed by atoms with Crippen LogP contribution in [0.15, 0.2) is 18.2 Å². The number of rotatable bonds is 3. The van der Waals surface area contributed by atoms with Crippen molar-refractivity contribution in [2.75, 3.05) is 13.1 Å². The lowest BCUT2D eigenvalue weighted by atomic mass is 10.1. The molecule has 1 aromatic rings. The third-order valence-electron chi connectivity index (χ3n) is 2.94. The second-order valence-electron chi connectivity index (χ2n) is 5.88. The molecule has 22 heavy (non-hydrogen) atoms. The van der Waals surface area contributed by atoms with Gasteiger partial charge in [-0.1, -0.05) is 11.6 Å². The van der Waals surface area contributed by atoms with Crippen LogP contribution in [0.5, 0.6) is 0 Å². The first-order valence-electron chi connectivity index (χ1n) is 6.81. The van der Waals surface area contributed by atoms with Gasteiger partial charge in [-0.3, -0.25) is 14.5 Å². The molecule has 0 unspecified atom stereocenters. The van der Waals surface area contributed by atoms with E-state index in [2.05, 4.69) is 5.32 Å². The number of amides is 3. The molecule has 1 aliphatic rings. The van der Waals surface area contributed by atoms with Crippen molar-refractivity contribution in [1.29, 1.82) is 0 Å². The number of halogens is 1. The summed E-state index contributed by atoms with van der Waals surface area (Å²) in [6.07, 6.45) is -0.591. The molecule has 0 spiro atoms. The zero-order valence-electron chi connectivity index (χ0n) is 12.6. The minimum atomic E-state index is -0.601. The summed E-state index contributed by atoms with van der Waals surface area (Å²) >= 11 is 5.84. The summed E-state index contributed by atoms with van der Waals surface area (Å²) < 4.78 is 5.08. The topological polar surface area (TPSA) is 75.7 Å². The van der Waals surface area contributed by atoms with E-state index in [0.29, 0.717) is 10.6 Å². The van der Waals surface area contributed by atoms with Gasteiger partial charge in [-0.05, 0) is 39.0 Å². The zero-order valence-corrected chi connectivity index (χ0v) is 13.4. The van der Waals surface area contributed by atoms with Crippen LogP contribution in [0.3, 0.4) is 0 Å². The second kappa shape index (κ2) is 5.96. The van der Waals surface area contributed by atoms with Crippen LogP contribution in [0.4, 0.5) is 4.79 Å². The number of alkyl carbamates (subject to hydrolysis) is 1. The van der Waals surface area contributed by atoms with E-state index in [1.165, 1.54) is 12.1 Å². The van der Waals surface area contributed by atoms with Crippen molar-refractivity contribution in [2.45, 2.75) is 26.4 Å². The van der Waals surface area contributed by atoms with Crippen molar-refractivity contribution in [1.82, 2.24) is 10.2 Å². The van der Waals surface area contributed by atoms with Gasteiger partial charge in [0, 0.05) is 18.1 Å². The molecular weight excluding hydrogens is 308 g/mol. The van der Waals surface area contributed by atoms with Crippen LogP contribution >= 0.6 is 11.6 Å². The first kappa shape index (κ1) is 16.3. The van der Waals surface area contributed by atoms with Crippen LogP contribution in [0.25, 0.3) is 0 Å². The molecule has 0 saturated carbocycles. The van der Waals surface area contributed by atoms with Crippen molar-refractivity contribution in [2.24, 2.45) is 0 Å². The molecule has 1 aliphatic heterocycles. The molecular formula is C15H17ClN2O4. The number of benzene rings is 1. The molecule has 0 aromatic heterocycles. The summed E-state index contributed by atoms with van der Waals surface area (Å²) in [4.78, 5) is 36.9.